The molecule has 0 spiro atoms. The van der Waals surface area contributed by atoms with Crippen LogP contribution in [0.5, 0.6) is 0 Å². The van der Waals surface area contributed by atoms with Crippen LogP contribution in [-0.4, -0.2) is 55.0 Å². The highest BCUT2D eigenvalue weighted by Crippen LogP contribution is 2.24. The lowest BCUT2D eigenvalue weighted by atomic mass is 9.88. The van der Waals surface area contributed by atoms with E-state index in [1.54, 1.807) is 0 Å². The van der Waals surface area contributed by atoms with Gasteiger partial charge in [-0.15, -0.1) is 0 Å². The average molecular weight is 312 g/mol. The number of carbonyl (C=O) groups is 1. The lowest BCUT2D eigenvalue weighted by Crippen LogP contribution is -2.52. The maximum absolute atomic E-state index is 12.0. The van der Waals surface area contributed by atoms with Crippen LogP contribution in [0.25, 0.3) is 0 Å². The number of hydrogen-bond donors (Lipinski definition) is 2. The summed E-state index contributed by atoms with van der Waals surface area (Å²) in [6.07, 6.45) is 8.37. The van der Waals surface area contributed by atoms with Crippen LogP contribution in [0, 0.1) is 11.8 Å². The topological polar surface area (TPSA) is 61.8 Å². The molecule has 1 amide bonds. The van der Waals surface area contributed by atoms with Gasteiger partial charge < -0.3 is 20.1 Å². The van der Waals surface area contributed by atoms with Gasteiger partial charge in [0.15, 0.2) is 0 Å². The second-order valence-corrected chi connectivity index (χ2v) is 6.83. The predicted octanol–water partition coefficient (Wildman–Crippen LogP) is 2.39. The third kappa shape index (κ3) is 5.43. The number of nitrogens with zero attached hydrogens (tertiary/aromatic N) is 1. The Morgan fingerprint density at radius 2 is 2.00 bits per heavy atom. The molecule has 0 aromatic carbocycles. The summed E-state index contributed by atoms with van der Waals surface area (Å²) in [5, 5.41) is 12.9. The van der Waals surface area contributed by atoms with Gasteiger partial charge in [-0.25, -0.2) is 4.79 Å². The SMILES string of the molecule is CCOC(=O)N1CC(CCO)CC(NCC2CCCCC2)C1. The van der Waals surface area contributed by atoms with E-state index >= 15 is 0 Å². The molecule has 5 heteroatoms. The molecule has 5 nitrogen and oxygen atoms in total. The number of ether oxygens (including phenoxy) is 1. The minimum Gasteiger partial charge on any atom is -0.450 e. The molecule has 2 atom stereocenters. The van der Waals surface area contributed by atoms with Crippen molar-refractivity contribution < 1.29 is 14.6 Å². The zero-order valence-corrected chi connectivity index (χ0v) is 13.9. The molecule has 1 saturated carbocycles. The minimum absolute atomic E-state index is 0.191. The second-order valence-electron chi connectivity index (χ2n) is 6.83. The monoisotopic (exact) mass is 312 g/mol. The molecule has 2 fully saturated rings. The van der Waals surface area contributed by atoms with Crippen molar-refractivity contribution in [3.05, 3.63) is 0 Å². The molecule has 1 aliphatic heterocycles. The van der Waals surface area contributed by atoms with Gasteiger partial charge in [-0.1, -0.05) is 19.3 Å². The van der Waals surface area contributed by atoms with Gasteiger partial charge in [-0.3, -0.25) is 0 Å². The number of amides is 1. The summed E-state index contributed by atoms with van der Waals surface area (Å²) in [7, 11) is 0. The molecule has 1 aliphatic carbocycles. The number of carbonyl (C=O) groups excluding carboxylic acids is 1. The molecule has 2 unspecified atom stereocenters. The number of piperidine rings is 1. The van der Waals surface area contributed by atoms with Crippen LogP contribution < -0.4 is 5.32 Å². The van der Waals surface area contributed by atoms with Crippen LogP contribution in [0.15, 0.2) is 0 Å². The fourth-order valence-corrected chi connectivity index (χ4v) is 3.83. The van der Waals surface area contributed by atoms with E-state index in [0.717, 1.165) is 31.8 Å². The number of rotatable bonds is 6. The Bertz CT molecular complexity index is 332. The third-order valence-electron chi connectivity index (χ3n) is 5.02. The zero-order chi connectivity index (χ0) is 15.8. The smallest absolute Gasteiger partial charge is 0.409 e. The highest BCUT2D eigenvalue weighted by molar-refractivity contribution is 5.67. The van der Waals surface area contributed by atoms with E-state index in [1.807, 2.05) is 11.8 Å². The average Bonchev–Trinajstić information content (AvgIpc) is 2.54. The molecule has 1 heterocycles. The number of likely N-dealkylation sites (tertiary alicyclic amines) is 1. The van der Waals surface area contributed by atoms with Crippen molar-refractivity contribution in [2.45, 2.75) is 57.9 Å². The van der Waals surface area contributed by atoms with E-state index < -0.39 is 0 Å². The van der Waals surface area contributed by atoms with Crippen molar-refractivity contribution in [1.29, 1.82) is 0 Å². The summed E-state index contributed by atoms with van der Waals surface area (Å²) in [4.78, 5) is 13.8. The Labute approximate surface area is 134 Å². The van der Waals surface area contributed by atoms with E-state index in [0.29, 0.717) is 25.1 Å². The maximum Gasteiger partial charge on any atom is 0.409 e. The van der Waals surface area contributed by atoms with E-state index in [4.69, 9.17) is 4.74 Å². The first-order valence-electron chi connectivity index (χ1n) is 8.98. The van der Waals surface area contributed by atoms with Gasteiger partial charge in [0.2, 0.25) is 0 Å². The lowest BCUT2D eigenvalue weighted by molar-refractivity contribution is 0.0725. The summed E-state index contributed by atoms with van der Waals surface area (Å²) in [6.45, 7) is 4.95. The Balaban J connectivity index is 1.83. The fraction of sp³-hybridized carbons (Fsp3) is 0.941. The van der Waals surface area contributed by atoms with Gasteiger partial charge in [0.25, 0.3) is 0 Å². The van der Waals surface area contributed by atoms with E-state index in [-0.39, 0.29) is 12.7 Å². The molecular weight excluding hydrogens is 280 g/mol. The highest BCUT2D eigenvalue weighted by Gasteiger charge is 2.30. The molecule has 0 bridgehead atoms. The molecule has 2 rings (SSSR count). The molecule has 0 aromatic rings. The molecule has 2 N–H and O–H groups in total. The number of aliphatic hydroxyl groups excluding tert-OH is 1. The first kappa shape index (κ1) is 17.5. The molecular formula is C17H32N2O3. The van der Waals surface area contributed by atoms with Crippen molar-refractivity contribution in [2.75, 3.05) is 32.8 Å². The molecule has 0 radical (unpaired) electrons. The summed E-state index contributed by atoms with van der Waals surface area (Å²) in [5.41, 5.74) is 0. The summed E-state index contributed by atoms with van der Waals surface area (Å²) >= 11 is 0. The van der Waals surface area contributed by atoms with Crippen molar-refractivity contribution >= 4 is 6.09 Å². The van der Waals surface area contributed by atoms with E-state index in [2.05, 4.69) is 5.32 Å². The molecule has 0 aromatic heterocycles. The van der Waals surface area contributed by atoms with Gasteiger partial charge in [0, 0.05) is 25.7 Å². The van der Waals surface area contributed by atoms with Gasteiger partial charge in [-0.05, 0) is 51.0 Å². The second kappa shape index (κ2) is 9.36. The Morgan fingerprint density at radius 1 is 1.23 bits per heavy atom. The largest absolute Gasteiger partial charge is 0.450 e. The normalized spacial score (nSPS) is 26.9. The first-order chi connectivity index (χ1) is 10.7. The van der Waals surface area contributed by atoms with Crippen molar-refractivity contribution in [2.24, 2.45) is 11.8 Å². The highest BCUT2D eigenvalue weighted by atomic mass is 16.6. The van der Waals surface area contributed by atoms with E-state index in [1.165, 1.54) is 32.1 Å². The van der Waals surface area contributed by atoms with Crippen LogP contribution >= 0.6 is 0 Å². The maximum atomic E-state index is 12.0. The summed E-state index contributed by atoms with van der Waals surface area (Å²) < 4.78 is 5.15. The summed E-state index contributed by atoms with van der Waals surface area (Å²) in [5.74, 6) is 1.16. The summed E-state index contributed by atoms with van der Waals surface area (Å²) in [6, 6.07) is 0.330. The predicted molar refractivity (Wildman–Crippen MR) is 86.8 cm³/mol. The van der Waals surface area contributed by atoms with Gasteiger partial charge in [-0.2, -0.15) is 0 Å². The lowest BCUT2D eigenvalue weighted by Gasteiger charge is -2.38. The standard InChI is InChI=1S/C17H32N2O3/c1-2-22-17(21)19-12-15(8-9-20)10-16(13-19)18-11-14-6-4-3-5-7-14/h14-16,18,20H,2-13H2,1H3. The Kier molecular flexibility index (Phi) is 7.46. The van der Waals surface area contributed by atoms with E-state index in [9.17, 15) is 9.90 Å². The fourth-order valence-electron chi connectivity index (χ4n) is 3.83. The Hall–Kier alpha value is -0.810. The van der Waals surface area contributed by atoms with Crippen molar-refractivity contribution in [3.8, 4) is 0 Å². The minimum atomic E-state index is -0.213. The molecule has 2 aliphatic rings. The van der Waals surface area contributed by atoms with Gasteiger partial charge >= 0.3 is 6.09 Å². The van der Waals surface area contributed by atoms with Gasteiger partial charge in [0.1, 0.15) is 0 Å². The third-order valence-corrected chi connectivity index (χ3v) is 5.02. The molecule has 1 saturated heterocycles. The van der Waals surface area contributed by atoms with Gasteiger partial charge in [0.05, 0.1) is 6.61 Å². The zero-order valence-electron chi connectivity index (χ0n) is 13.9. The van der Waals surface area contributed by atoms with Crippen LogP contribution in [0.2, 0.25) is 0 Å². The molecule has 22 heavy (non-hydrogen) atoms. The van der Waals surface area contributed by atoms with Crippen LogP contribution in [0.3, 0.4) is 0 Å². The Morgan fingerprint density at radius 3 is 2.68 bits per heavy atom. The van der Waals surface area contributed by atoms with Crippen LogP contribution in [0.4, 0.5) is 4.79 Å². The first-order valence-corrected chi connectivity index (χ1v) is 8.98. The number of nitrogens with one attached hydrogen (secondary N) is 1. The van der Waals surface area contributed by atoms with Crippen molar-refractivity contribution in [3.63, 3.8) is 0 Å². The van der Waals surface area contributed by atoms with Crippen LogP contribution in [0.1, 0.15) is 51.9 Å². The van der Waals surface area contributed by atoms with Crippen LogP contribution in [-0.2, 0) is 4.74 Å². The number of aliphatic hydroxyl groups is 1. The quantitative estimate of drug-likeness (QED) is 0.790. The number of hydrogen-bond acceptors (Lipinski definition) is 4. The molecule has 128 valence electrons. The van der Waals surface area contributed by atoms with Crippen molar-refractivity contribution in [1.82, 2.24) is 10.2 Å².